The van der Waals surface area contributed by atoms with Gasteiger partial charge in [0.1, 0.15) is 5.54 Å². The normalized spacial score (nSPS) is 21.1. The van der Waals surface area contributed by atoms with Crippen molar-refractivity contribution in [2.75, 3.05) is 13.6 Å². The molecule has 1 rings (SSSR count). The topological polar surface area (TPSA) is 52.6 Å². The third kappa shape index (κ3) is 4.58. The molecule has 18 heavy (non-hydrogen) atoms. The number of carboxylic acids is 1. The van der Waals surface area contributed by atoms with E-state index in [0.29, 0.717) is 24.5 Å². The van der Waals surface area contributed by atoms with E-state index in [9.17, 15) is 9.90 Å². The summed E-state index contributed by atoms with van der Waals surface area (Å²) in [5.74, 6) is -0.118. The van der Waals surface area contributed by atoms with E-state index in [1.165, 1.54) is 0 Å². The van der Waals surface area contributed by atoms with Crippen molar-refractivity contribution < 1.29 is 9.90 Å². The molecule has 0 radical (unpaired) electrons. The van der Waals surface area contributed by atoms with Crippen molar-refractivity contribution in [3.63, 3.8) is 0 Å². The summed E-state index contributed by atoms with van der Waals surface area (Å²) in [6.07, 6.45) is 3.30. The Labute approximate surface area is 111 Å². The predicted octanol–water partition coefficient (Wildman–Crippen LogP) is 1.95. The first-order chi connectivity index (χ1) is 8.24. The van der Waals surface area contributed by atoms with E-state index >= 15 is 0 Å². The first kappa shape index (κ1) is 15.4. The summed E-state index contributed by atoms with van der Waals surface area (Å²) in [4.78, 5) is 13.6. The summed E-state index contributed by atoms with van der Waals surface area (Å²) in [6.45, 7) is 8.91. The number of aliphatic carboxylic acids is 1. The summed E-state index contributed by atoms with van der Waals surface area (Å²) in [6, 6.07) is 0.810. The molecule has 0 bridgehead atoms. The van der Waals surface area contributed by atoms with Gasteiger partial charge in [0.15, 0.2) is 0 Å². The van der Waals surface area contributed by atoms with E-state index in [2.05, 4.69) is 31.0 Å². The van der Waals surface area contributed by atoms with Crippen molar-refractivity contribution in [1.29, 1.82) is 0 Å². The van der Waals surface area contributed by atoms with Crippen LogP contribution in [-0.2, 0) is 4.79 Å². The van der Waals surface area contributed by atoms with Crippen LogP contribution in [0.1, 0.15) is 47.0 Å². The quantitative estimate of drug-likeness (QED) is 0.697. The molecule has 0 aliphatic heterocycles. The number of likely N-dealkylation sites (N-methyl/N-ethyl adjacent to an activating group) is 1. The van der Waals surface area contributed by atoms with Crippen LogP contribution in [0.15, 0.2) is 0 Å². The van der Waals surface area contributed by atoms with Crippen LogP contribution >= 0.6 is 0 Å². The highest BCUT2D eigenvalue weighted by atomic mass is 16.4. The Morgan fingerprint density at radius 2 is 2.00 bits per heavy atom. The van der Waals surface area contributed by atoms with Crippen LogP contribution in [0.2, 0.25) is 0 Å². The Balaban J connectivity index is 2.56. The maximum atomic E-state index is 11.5. The molecule has 2 atom stereocenters. The van der Waals surface area contributed by atoms with Crippen molar-refractivity contribution >= 4 is 5.97 Å². The molecule has 4 heteroatoms. The highest BCUT2D eigenvalue weighted by molar-refractivity contribution is 5.78. The third-order valence-corrected chi connectivity index (χ3v) is 3.70. The van der Waals surface area contributed by atoms with Crippen LogP contribution in [0.25, 0.3) is 0 Å². The average molecular weight is 256 g/mol. The Bertz CT molecular complexity index is 290. The number of nitrogens with zero attached hydrogens (tertiary/aromatic N) is 1. The Morgan fingerprint density at radius 1 is 1.44 bits per heavy atom. The molecule has 0 aromatic rings. The minimum atomic E-state index is -0.832. The van der Waals surface area contributed by atoms with Gasteiger partial charge in [0.2, 0.25) is 0 Å². The second kappa shape index (κ2) is 6.02. The number of hydrogen-bond acceptors (Lipinski definition) is 3. The van der Waals surface area contributed by atoms with E-state index in [-0.39, 0.29) is 0 Å². The summed E-state index contributed by atoms with van der Waals surface area (Å²) < 4.78 is 0. The number of hydrogen-bond donors (Lipinski definition) is 2. The van der Waals surface area contributed by atoms with Gasteiger partial charge in [0, 0.05) is 18.6 Å². The van der Waals surface area contributed by atoms with Crippen LogP contribution in [-0.4, -0.2) is 47.2 Å². The summed E-state index contributed by atoms with van der Waals surface area (Å²) in [5, 5.41) is 12.7. The lowest BCUT2D eigenvalue weighted by atomic mass is 9.98. The molecule has 0 saturated heterocycles. The molecule has 4 nitrogen and oxygen atoms in total. The largest absolute Gasteiger partial charge is 0.480 e. The van der Waals surface area contributed by atoms with Gasteiger partial charge in [-0.2, -0.15) is 0 Å². The maximum absolute atomic E-state index is 11.5. The fourth-order valence-electron chi connectivity index (χ4n) is 2.37. The van der Waals surface area contributed by atoms with Crippen LogP contribution in [0.4, 0.5) is 0 Å². The van der Waals surface area contributed by atoms with Crippen molar-refractivity contribution in [3.8, 4) is 0 Å². The van der Waals surface area contributed by atoms with Gasteiger partial charge in [-0.1, -0.05) is 13.8 Å². The lowest BCUT2D eigenvalue weighted by molar-refractivity contribution is -0.145. The van der Waals surface area contributed by atoms with E-state index in [1.807, 2.05) is 7.05 Å². The summed E-state index contributed by atoms with van der Waals surface area (Å²) in [7, 11) is 2.02. The van der Waals surface area contributed by atoms with Crippen molar-refractivity contribution in [2.45, 2.75) is 64.6 Å². The van der Waals surface area contributed by atoms with Crippen LogP contribution < -0.4 is 5.32 Å². The van der Waals surface area contributed by atoms with Gasteiger partial charge in [-0.05, 0) is 46.1 Å². The van der Waals surface area contributed by atoms with Gasteiger partial charge in [-0.3, -0.25) is 10.1 Å². The molecule has 1 aliphatic carbocycles. The van der Waals surface area contributed by atoms with Crippen molar-refractivity contribution in [1.82, 2.24) is 10.2 Å². The predicted molar refractivity (Wildman–Crippen MR) is 73.7 cm³/mol. The number of carbonyl (C=O) groups is 1. The van der Waals surface area contributed by atoms with Gasteiger partial charge in [-0.15, -0.1) is 0 Å². The number of nitrogens with one attached hydrogen (secondary N) is 1. The molecule has 1 saturated carbocycles. The lowest BCUT2D eigenvalue weighted by Crippen LogP contribution is -2.58. The van der Waals surface area contributed by atoms with Gasteiger partial charge < -0.3 is 10.0 Å². The highest BCUT2D eigenvalue weighted by Crippen LogP contribution is 2.23. The molecule has 0 spiro atoms. The molecule has 0 heterocycles. The zero-order chi connectivity index (χ0) is 13.9. The monoisotopic (exact) mass is 256 g/mol. The molecule has 1 fully saturated rings. The second-order valence-electron chi connectivity index (χ2n) is 6.45. The van der Waals surface area contributed by atoms with E-state index in [1.54, 1.807) is 6.92 Å². The second-order valence-corrected chi connectivity index (χ2v) is 6.45. The maximum Gasteiger partial charge on any atom is 0.324 e. The number of rotatable bonds is 8. The average Bonchev–Trinajstić information content (AvgIpc) is 2.99. The molecular weight excluding hydrogens is 228 g/mol. The Morgan fingerprint density at radius 3 is 2.39 bits per heavy atom. The van der Waals surface area contributed by atoms with E-state index in [0.717, 1.165) is 19.3 Å². The fraction of sp³-hybridized carbons (Fsp3) is 0.929. The molecule has 0 amide bonds. The molecule has 2 N–H and O–H groups in total. The smallest absolute Gasteiger partial charge is 0.324 e. The third-order valence-electron chi connectivity index (χ3n) is 3.70. The zero-order valence-electron chi connectivity index (χ0n) is 12.4. The Kier molecular flexibility index (Phi) is 5.17. The fourth-order valence-corrected chi connectivity index (χ4v) is 2.37. The molecule has 0 aromatic carbocycles. The zero-order valence-corrected chi connectivity index (χ0v) is 12.4. The molecular formula is C14H28N2O2. The van der Waals surface area contributed by atoms with Gasteiger partial charge in [0.05, 0.1) is 0 Å². The SMILES string of the molecule is CC(C)CC(C)N(C)CC(C)(NC1CC1)C(=O)O. The minimum absolute atomic E-state index is 0.403. The highest BCUT2D eigenvalue weighted by Gasteiger charge is 2.39. The van der Waals surface area contributed by atoms with Gasteiger partial charge >= 0.3 is 5.97 Å². The molecule has 106 valence electrons. The first-order valence-electron chi connectivity index (χ1n) is 6.96. The summed E-state index contributed by atoms with van der Waals surface area (Å²) in [5.41, 5.74) is -0.832. The van der Waals surface area contributed by atoms with Crippen LogP contribution in [0.3, 0.4) is 0 Å². The van der Waals surface area contributed by atoms with Crippen LogP contribution in [0.5, 0.6) is 0 Å². The first-order valence-corrected chi connectivity index (χ1v) is 6.96. The summed E-state index contributed by atoms with van der Waals surface area (Å²) >= 11 is 0. The van der Waals surface area contributed by atoms with E-state index < -0.39 is 11.5 Å². The van der Waals surface area contributed by atoms with Crippen molar-refractivity contribution in [2.24, 2.45) is 5.92 Å². The number of carboxylic acid groups (broad SMARTS) is 1. The van der Waals surface area contributed by atoms with E-state index in [4.69, 9.17) is 0 Å². The standard InChI is InChI=1S/C14H28N2O2/c1-10(2)8-11(3)16(5)9-14(4,13(17)18)15-12-6-7-12/h10-12,15H,6-9H2,1-5H3,(H,17,18). The lowest BCUT2D eigenvalue weighted by Gasteiger charge is -2.35. The van der Waals surface area contributed by atoms with Gasteiger partial charge in [0.25, 0.3) is 0 Å². The molecule has 2 unspecified atom stereocenters. The van der Waals surface area contributed by atoms with Crippen LogP contribution in [0, 0.1) is 5.92 Å². The molecule has 1 aliphatic rings. The molecule has 0 aromatic heterocycles. The van der Waals surface area contributed by atoms with Crippen molar-refractivity contribution in [3.05, 3.63) is 0 Å². The van der Waals surface area contributed by atoms with Gasteiger partial charge in [-0.25, -0.2) is 0 Å². The Hall–Kier alpha value is -0.610. The minimum Gasteiger partial charge on any atom is -0.480 e.